The van der Waals surface area contributed by atoms with Gasteiger partial charge >= 0.3 is 0 Å². The number of ether oxygens (including phenoxy) is 2. The zero-order valence-electron chi connectivity index (χ0n) is 30.7. The molecule has 5 heterocycles. The molecule has 0 spiro atoms. The molecule has 276 valence electrons. The van der Waals surface area contributed by atoms with Crippen molar-refractivity contribution < 1.29 is 27.8 Å². The predicted molar refractivity (Wildman–Crippen MR) is 202 cm³/mol. The number of nitrogens with zero attached hydrogens (tertiary/aromatic N) is 6. The molecule has 7 rings (SSSR count). The van der Waals surface area contributed by atoms with E-state index in [-0.39, 0.29) is 71.1 Å². The summed E-state index contributed by atoms with van der Waals surface area (Å²) in [5, 5.41) is 6.64. The van der Waals surface area contributed by atoms with E-state index in [2.05, 4.69) is 12.6 Å². The lowest BCUT2D eigenvalue weighted by Crippen LogP contribution is -2.48. The minimum absolute atomic E-state index is 0.0435. The smallest absolute Gasteiger partial charge is 0.246 e. The number of halogens is 2. The van der Waals surface area contributed by atoms with Crippen molar-refractivity contribution in [2.45, 2.75) is 44.9 Å². The first-order valence-corrected chi connectivity index (χ1v) is 18.4. The molecule has 10 nitrogen and oxygen atoms in total. The van der Waals surface area contributed by atoms with Crippen molar-refractivity contribution in [1.29, 1.82) is 0 Å². The molecule has 2 amide bonds. The van der Waals surface area contributed by atoms with Crippen LogP contribution < -0.4 is 4.74 Å². The number of pyridine rings is 1. The monoisotopic (exact) mass is 740 g/mol. The molecule has 0 fully saturated rings. The lowest BCUT2D eigenvalue weighted by molar-refractivity contribution is -0.134. The highest BCUT2D eigenvalue weighted by Gasteiger charge is 2.35. The summed E-state index contributed by atoms with van der Waals surface area (Å²) in [6.45, 7) is 8.94. The molecule has 0 N–H and O–H groups in total. The van der Waals surface area contributed by atoms with Crippen molar-refractivity contribution in [2.24, 2.45) is 0 Å². The molecule has 2 aliphatic rings. The molecule has 0 saturated carbocycles. The summed E-state index contributed by atoms with van der Waals surface area (Å²) in [6.07, 6.45) is 1.86. The molecule has 0 radical (unpaired) electrons. The number of aromatic nitrogens is 3. The molecule has 5 aromatic rings. The van der Waals surface area contributed by atoms with Gasteiger partial charge in [-0.3, -0.25) is 19.2 Å². The Kier molecular flexibility index (Phi) is 9.92. The molecule has 0 unspecified atom stereocenters. The van der Waals surface area contributed by atoms with Gasteiger partial charge in [-0.15, -0.1) is 11.3 Å². The van der Waals surface area contributed by atoms with Crippen LogP contribution in [0.25, 0.3) is 43.9 Å². The minimum atomic E-state index is -0.602. The molecule has 0 aliphatic carbocycles. The minimum Gasteiger partial charge on any atom is -0.490 e. The molecule has 0 saturated heterocycles. The second-order valence-electron chi connectivity index (χ2n) is 13.9. The molecule has 0 bridgehead atoms. The molecule has 3 atom stereocenters. The van der Waals surface area contributed by atoms with Crippen molar-refractivity contribution >= 4 is 33.2 Å². The van der Waals surface area contributed by atoms with E-state index in [1.54, 1.807) is 43.1 Å². The molecule has 53 heavy (non-hydrogen) atoms. The summed E-state index contributed by atoms with van der Waals surface area (Å²) in [5.41, 5.74) is 5.13. The van der Waals surface area contributed by atoms with Crippen molar-refractivity contribution in [1.82, 2.24) is 29.5 Å². The fourth-order valence-electron chi connectivity index (χ4n) is 7.51. The van der Waals surface area contributed by atoms with E-state index in [1.165, 1.54) is 28.9 Å². The fourth-order valence-corrected chi connectivity index (χ4v) is 8.44. The van der Waals surface area contributed by atoms with Gasteiger partial charge in [-0.25, -0.2) is 13.8 Å². The zero-order valence-corrected chi connectivity index (χ0v) is 31.5. The topological polar surface area (TPSA) is 93.0 Å². The summed E-state index contributed by atoms with van der Waals surface area (Å²) >= 11 is 1.20. The molecule has 13 heteroatoms. The van der Waals surface area contributed by atoms with Crippen LogP contribution in [0.2, 0.25) is 0 Å². The number of rotatable bonds is 9. The Morgan fingerprint density at radius 2 is 1.85 bits per heavy atom. The van der Waals surface area contributed by atoms with E-state index in [9.17, 15) is 9.59 Å². The Labute approximate surface area is 311 Å². The van der Waals surface area contributed by atoms with Gasteiger partial charge in [-0.1, -0.05) is 24.8 Å². The van der Waals surface area contributed by atoms with E-state index in [1.807, 2.05) is 48.7 Å². The van der Waals surface area contributed by atoms with E-state index in [4.69, 9.17) is 19.6 Å². The van der Waals surface area contributed by atoms with Crippen LogP contribution >= 0.6 is 11.3 Å². The second-order valence-corrected chi connectivity index (χ2v) is 14.8. The van der Waals surface area contributed by atoms with E-state index in [0.29, 0.717) is 35.6 Å². The van der Waals surface area contributed by atoms with E-state index < -0.39 is 11.6 Å². The average Bonchev–Trinajstić information content (AvgIpc) is 3.77. The van der Waals surface area contributed by atoms with Gasteiger partial charge in [0, 0.05) is 56.2 Å². The number of fused-ring (bicyclic) bond motifs is 3. The van der Waals surface area contributed by atoms with Crippen LogP contribution in [-0.4, -0.2) is 95.3 Å². The Balaban J connectivity index is 1.46. The van der Waals surface area contributed by atoms with Crippen LogP contribution in [0.1, 0.15) is 42.8 Å². The predicted octanol–water partition coefficient (Wildman–Crippen LogP) is 6.89. The number of likely N-dealkylation sites (N-methyl/N-ethyl adjacent to an activating group) is 2. The highest BCUT2D eigenvalue weighted by molar-refractivity contribution is 7.17. The molecular weight excluding hydrogens is 699 g/mol. The van der Waals surface area contributed by atoms with Crippen LogP contribution in [0.4, 0.5) is 8.78 Å². The molecule has 2 aliphatic heterocycles. The fraction of sp³-hybridized carbons (Fsp3) is 0.350. The first kappa shape index (κ1) is 36.4. The number of thiophene rings is 1. The number of carbonyl (C=O) groups is 2. The van der Waals surface area contributed by atoms with Gasteiger partial charge in [0.05, 0.1) is 46.4 Å². The van der Waals surface area contributed by atoms with Crippen molar-refractivity contribution in [3.63, 3.8) is 0 Å². The quantitative estimate of drug-likeness (QED) is 0.120. The summed E-state index contributed by atoms with van der Waals surface area (Å²) in [7, 11) is 7.01. The van der Waals surface area contributed by atoms with E-state index >= 15 is 8.78 Å². The average molecular weight is 741 g/mol. The third-order valence-electron chi connectivity index (χ3n) is 10.3. The maximum atomic E-state index is 16.4. The van der Waals surface area contributed by atoms with Gasteiger partial charge in [0.15, 0.2) is 0 Å². The van der Waals surface area contributed by atoms with Gasteiger partial charge in [0.25, 0.3) is 0 Å². The van der Waals surface area contributed by atoms with E-state index in [0.717, 1.165) is 22.4 Å². The zero-order chi connectivity index (χ0) is 37.7. The normalized spacial score (nSPS) is 18.5. The molecule has 3 aromatic heterocycles. The third-order valence-corrected chi connectivity index (χ3v) is 11.2. The summed E-state index contributed by atoms with van der Waals surface area (Å²) < 4.78 is 46.3. The maximum Gasteiger partial charge on any atom is 0.246 e. The Bertz CT molecular complexity index is 2250. The van der Waals surface area contributed by atoms with Gasteiger partial charge in [-0.2, -0.15) is 5.10 Å². The third kappa shape index (κ3) is 6.40. The number of carbonyl (C=O) groups excluding carboxylic acids is 2. The van der Waals surface area contributed by atoms with Crippen LogP contribution in [0.3, 0.4) is 0 Å². The van der Waals surface area contributed by atoms with Crippen LogP contribution in [0, 0.1) is 11.6 Å². The maximum absolute atomic E-state index is 16.4. The van der Waals surface area contributed by atoms with Gasteiger partial charge in [-0.05, 0) is 68.8 Å². The highest BCUT2D eigenvalue weighted by atomic mass is 32.1. The van der Waals surface area contributed by atoms with Crippen molar-refractivity contribution in [3.8, 4) is 39.5 Å². The number of hydrogen-bond donors (Lipinski definition) is 0. The van der Waals surface area contributed by atoms with Crippen LogP contribution in [0.15, 0.2) is 60.5 Å². The lowest BCUT2D eigenvalue weighted by Gasteiger charge is -2.36. The van der Waals surface area contributed by atoms with Crippen LogP contribution in [-0.2, 0) is 27.3 Å². The Morgan fingerprint density at radius 1 is 1.06 bits per heavy atom. The largest absolute Gasteiger partial charge is 0.490 e. The summed E-state index contributed by atoms with van der Waals surface area (Å²) in [5.74, 6) is -1.05. The van der Waals surface area contributed by atoms with Gasteiger partial charge in [0.1, 0.15) is 35.4 Å². The van der Waals surface area contributed by atoms with Crippen molar-refractivity contribution in [3.05, 3.63) is 89.0 Å². The second kappa shape index (κ2) is 14.4. The summed E-state index contributed by atoms with van der Waals surface area (Å²) in [6, 6.07) is 11.6. The molecular formula is C40H42F2N6O4S. The van der Waals surface area contributed by atoms with Gasteiger partial charge in [0.2, 0.25) is 11.8 Å². The Morgan fingerprint density at radius 3 is 2.58 bits per heavy atom. The summed E-state index contributed by atoms with van der Waals surface area (Å²) in [4.78, 5) is 36.4. The standard InChI is InChI=1S/C40H42F2N6O4S/c1-8-33(49)47-19-22(2)48-30(23(47)3)18-29(44-48)38-36(34-27(41)10-9-11-32(34)52-15-14-51-7)35-28(42)21-53-39(35)37(43-38)25-13-12-24-17-31(40(50)45(4)5)46(6)20-26(24)16-25/h8-13,16,18,21-23,31H,1,14-15,17,19-20H2,2-7H3/t22-,23+,31+/m0/s1. The number of benzene rings is 2. The van der Waals surface area contributed by atoms with Crippen molar-refractivity contribution in [2.75, 3.05) is 48.0 Å². The molecule has 2 aromatic carbocycles. The number of methoxy groups -OCH3 is 1. The first-order valence-electron chi connectivity index (χ1n) is 17.5. The SMILES string of the molecule is C=CC(=O)N1C[C@H](C)n2nc(-c3nc(-c4ccc5c(c4)CN(C)[C@@H](C(=O)N(C)C)C5)c4scc(F)c4c3-c3c(F)cccc3OCCOC)cc2[C@H]1C. The number of amides is 2. The lowest BCUT2D eigenvalue weighted by atomic mass is 9.90. The highest BCUT2D eigenvalue weighted by Crippen LogP contribution is 2.48. The first-order chi connectivity index (χ1) is 25.4. The van der Waals surface area contributed by atoms with Crippen LogP contribution in [0.5, 0.6) is 5.75 Å². The Hall–Kier alpha value is -4.98. The number of hydrogen-bond acceptors (Lipinski definition) is 8. The van der Waals surface area contributed by atoms with Gasteiger partial charge < -0.3 is 19.3 Å².